The number of carbonyl (C=O) groups excluding carboxylic acids is 1. The van der Waals surface area contributed by atoms with Crippen molar-refractivity contribution >= 4 is 23.5 Å². The molecule has 0 aliphatic rings. The first-order chi connectivity index (χ1) is 11.3. The maximum atomic E-state index is 12.2. The van der Waals surface area contributed by atoms with E-state index in [-0.39, 0.29) is 5.69 Å². The summed E-state index contributed by atoms with van der Waals surface area (Å²) in [7, 11) is 1.80. The first-order valence-corrected chi connectivity index (χ1v) is 7.69. The van der Waals surface area contributed by atoms with Gasteiger partial charge >= 0.3 is 12.4 Å². The van der Waals surface area contributed by atoms with E-state index in [1.165, 1.54) is 23.9 Å². The summed E-state index contributed by atoms with van der Waals surface area (Å²) in [5, 5.41) is 13.3. The minimum atomic E-state index is -4.78. The molecule has 0 saturated carbocycles. The van der Waals surface area contributed by atoms with Crippen LogP contribution in [0.3, 0.4) is 0 Å². The van der Waals surface area contributed by atoms with Crippen molar-refractivity contribution in [3.8, 4) is 5.75 Å². The normalized spacial score (nSPS) is 11.2. The van der Waals surface area contributed by atoms with Crippen molar-refractivity contribution in [2.45, 2.75) is 11.5 Å². The van der Waals surface area contributed by atoms with Crippen LogP contribution in [-0.2, 0) is 7.05 Å². The van der Waals surface area contributed by atoms with Crippen LogP contribution in [-0.4, -0.2) is 39.5 Å². The van der Waals surface area contributed by atoms with Crippen LogP contribution in [0.25, 0.3) is 0 Å². The zero-order valence-electron chi connectivity index (χ0n) is 12.5. The molecule has 11 heteroatoms. The number of rotatable bonds is 6. The summed E-state index contributed by atoms with van der Waals surface area (Å²) in [6.45, 7) is 0.349. The molecular weight excluding hydrogens is 347 g/mol. The topological polar surface area (TPSA) is 81.1 Å². The summed E-state index contributed by atoms with van der Waals surface area (Å²) in [5.74, 6) is 0.162. The van der Waals surface area contributed by atoms with Crippen molar-refractivity contribution in [2.75, 3.05) is 17.6 Å². The molecule has 1 aromatic carbocycles. The Kier molecular flexibility index (Phi) is 5.90. The Morgan fingerprint density at radius 2 is 2.21 bits per heavy atom. The molecule has 130 valence electrons. The van der Waals surface area contributed by atoms with E-state index in [4.69, 9.17) is 0 Å². The fourth-order valence-electron chi connectivity index (χ4n) is 1.66. The van der Waals surface area contributed by atoms with Crippen molar-refractivity contribution in [1.29, 1.82) is 0 Å². The number of aryl methyl sites for hydroxylation is 1. The molecule has 0 radical (unpaired) electrons. The van der Waals surface area contributed by atoms with E-state index in [1.54, 1.807) is 17.9 Å². The van der Waals surface area contributed by atoms with E-state index in [1.807, 2.05) is 0 Å². The number of aromatic nitrogens is 3. The molecule has 0 saturated heterocycles. The first-order valence-electron chi connectivity index (χ1n) is 6.71. The van der Waals surface area contributed by atoms with Gasteiger partial charge in [-0.05, 0) is 12.1 Å². The maximum Gasteiger partial charge on any atom is 0.573 e. The van der Waals surface area contributed by atoms with Gasteiger partial charge in [0, 0.05) is 31.1 Å². The van der Waals surface area contributed by atoms with Crippen LogP contribution in [0.2, 0.25) is 0 Å². The molecule has 1 aromatic heterocycles. The predicted molar refractivity (Wildman–Crippen MR) is 81.9 cm³/mol. The molecule has 2 N–H and O–H groups in total. The van der Waals surface area contributed by atoms with Gasteiger partial charge in [-0.1, -0.05) is 17.8 Å². The second kappa shape index (κ2) is 7.90. The van der Waals surface area contributed by atoms with Crippen LogP contribution in [0.15, 0.2) is 35.7 Å². The smallest absolute Gasteiger partial charge is 0.406 e. The third-order valence-corrected chi connectivity index (χ3v) is 3.65. The highest BCUT2D eigenvalue weighted by Gasteiger charge is 2.31. The minimum absolute atomic E-state index is 0.190. The Bertz CT molecular complexity index is 692. The molecule has 1 heterocycles. The van der Waals surface area contributed by atoms with Gasteiger partial charge in [0.15, 0.2) is 5.16 Å². The first kappa shape index (κ1) is 17.9. The number of hydrogen-bond acceptors (Lipinski definition) is 5. The predicted octanol–water partition coefficient (Wildman–Crippen LogP) is 2.63. The Morgan fingerprint density at radius 1 is 1.42 bits per heavy atom. The molecule has 2 aromatic rings. The van der Waals surface area contributed by atoms with Gasteiger partial charge in [0.25, 0.3) is 0 Å². The fourth-order valence-corrected chi connectivity index (χ4v) is 2.40. The van der Waals surface area contributed by atoms with Gasteiger partial charge in [0.1, 0.15) is 12.1 Å². The van der Waals surface area contributed by atoms with E-state index in [0.29, 0.717) is 17.5 Å². The lowest BCUT2D eigenvalue weighted by Crippen LogP contribution is -2.30. The number of halogens is 3. The van der Waals surface area contributed by atoms with Crippen molar-refractivity contribution in [1.82, 2.24) is 20.1 Å². The van der Waals surface area contributed by atoms with Crippen molar-refractivity contribution in [3.63, 3.8) is 0 Å². The Morgan fingerprint density at radius 3 is 2.88 bits per heavy atom. The second-order valence-corrected chi connectivity index (χ2v) is 5.59. The largest absolute Gasteiger partial charge is 0.573 e. The summed E-state index contributed by atoms with van der Waals surface area (Å²) in [6, 6.07) is 4.51. The van der Waals surface area contributed by atoms with E-state index >= 15 is 0 Å². The van der Waals surface area contributed by atoms with Crippen LogP contribution in [0, 0.1) is 0 Å². The number of nitrogens with zero attached hydrogens (tertiary/aromatic N) is 3. The third-order valence-electron chi connectivity index (χ3n) is 2.61. The lowest BCUT2D eigenvalue weighted by atomic mass is 10.3. The summed E-state index contributed by atoms with van der Waals surface area (Å²) in [6.07, 6.45) is -3.21. The van der Waals surface area contributed by atoms with Gasteiger partial charge in [-0.15, -0.1) is 23.4 Å². The summed E-state index contributed by atoms with van der Waals surface area (Å²) in [5.41, 5.74) is 0.190. The van der Waals surface area contributed by atoms with Crippen molar-refractivity contribution < 1.29 is 22.7 Å². The number of anilines is 1. The average Bonchev–Trinajstić information content (AvgIpc) is 2.87. The molecule has 0 fully saturated rings. The Hall–Kier alpha value is -2.43. The molecule has 7 nitrogen and oxygen atoms in total. The van der Waals surface area contributed by atoms with Gasteiger partial charge in [-0.3, -0.25) is 0 Å². The van der Waals surface area contributed by atoms with Crippen LogP contribution in [0.1, 0.15) is 0 Å². The number of alkyl halides is 3. The van der Waals surface area contributed by atoms with E-state index in [9.17, 15) is 18.0 Å². The zero-order valence-corrected chi connectivity index (χ0v) is 13.3. The number of thioether (sulfide) groups is 1. The number of benzene rings is 1. The molecule has 0 atom stereocenters. The third kappa shape index (κ3) is 5.99. The highest BCUT2D eigenvalue weighted by Crippen LogP contribution is 2.24. The monoisotopic (exact) mass is 361 g/mol. The van der Waals surface area contributed by atoms with E-state index in [0.717, 1.165) is 12.1 Å². The lowest BCUT2D eigenvalue weighted by molar-refractivity contribution is -0.274. The Balaban J connectivity index is 1.76. The minimum Gasteiger partial charge on any atom is -0.406 e. The molecular formula is C13H14F3N5O2S. The highest BCUT2D eigenvalue weighted by molar-refractivity contribution is 7.99. The van der Waals surface area contributed by atoms with Crippen LogP contribution < -0.4 is 15.4 Å². The molecule has 0 bridgehead atoms. The molecule has 0 aliphatic carbocycles. The molecule has 24 heavy (non-hydrogen) atoms. The fraction of sp³-hybridized carbons (Fsp3) is 0.308. The number of hydrogen-bond donors (Lipinski definition) is 2. The van der Waals surface area contributed by atoms with Crippen LogP contribution in [0.4, 0.5) is 23.7 Å². The summed E-state index contributed by atoms with van der Waals surface area (Å²) in [4.78, 5) is 11.7. The van der Waals surface area contributed by atoms with Gasteiger partial charge in [-0.25, -0.2) is 4.79 Å². The summed E-state index contributed by atoms with van der Waals surface area (Å²) < 4.78 is 42.0. The van der Waals surface area contributed by atoms with Gasteiger partial charge in [0.2, 0.25) is 0 Å². The quantitative estimate of drug-likeness (QED) is 0.611. The second-order valence-electron chi connectivity index (χ2n) is 4.53. The molecule has 2 amide bonds. The van der Waals surface area contributed by atoms with Crippen LogP contribution >= 0.6 is 11.8 Å². The SMILES string of the molecule is Cn1cnnc1SCCNC(=O)Nc1cccc(OC(F)(F)F)c1. The molecule has 0 spiro atoms. The van der Waals surface area contributed by atoms with Gasteiger partial charge in [0.05, 0.1) is 0 Å². The molecule has 0 aliphatic heterocycles. The number of amides is 2. The number of carbonyl (C=O) groups is 1. The standard InChI is InChI=1S/C13H14F3N5O2S/c1-21-8-18-20-12(21)24-6-5-17-11(22)19-9-3-2-4-10(7-9)23-13(14,15)16/h2-4,7-8H,5-6H2,1H3,(H2,17,19,22). The molecule has 0 unspecified atom stereocenters. The average molecular weight is 361 g/mol. The number of nitrogens with one attached hydrogen (secondary N) is 2. The van der Waals surface area contributed by atoms with Crippen molar-refractivity contribution in [2.24, 2.45) is 7.05 Å². The Labute approximate surface area is 139 Å². The number of ether oxygens (including phenoxy) is 1. The van der Waals surface area contributed by atoms with Gasteiger partial charge in [-0.2, -0.15) is 0 Å². The maximum absolute atomic E-state index is 12.2. The zero-order chi connectivity index (χ0) is 17.6. The van der Waals surface area contributed by atoms with Gasteiger partial charge < -0.3 is 19.9 Å². The molecule has 2 rings (SSSR count). The van der Waals surface area contributed by atoms with E-state index < -0.39 is 18.1 Å². The lowest BCUT2D eigenvalue weighted by Gasteiger charge is -2.11. The highest BCUT2D eigenvalue weighted by atomic mass is 32.2. The van der Waals surface area contributed by atoms with E-state index in [2.05, 4.69) is 25.6 Å². The van der Waals surface area contributed by atoms with Crippen molar-refractivity contribution in [3.05, 3.63) is 30.6 Å². The van der Waals surface area contributed by atoms with Crippen LogP contribution in [0.5, 0.6) is 5.75 Å². The number of urea groups is 1. The summed E-state index contributed by atoms with van der Waals surface area (Å²) >= 11 is 1.41.